The molecule has 0 radical (unpaired) electrons. The van der Waals surface area contributed by atoms with Crippen LogP contribution in [-0.2, 0) is 11.3 Å². The second-order valence-electron chi connectivity index (χ2n) is 7.29. The fourth-order valence-electron chi connectivity index (χ4n) is 3.45. The van der Waals surface area contributed by atoms with Crippen molar-refractivity contribution in [3.05, 3.63) is 65.7 Å². The molecule has 154 valence electrons. The molecule has 29 heavy (non-hydrogen) atoms. The van der Waals surface area contributed by atoms with Gasteiger partial charge in [-0.1, -0.05) is 30.3 Å². The first-order valence-corrected chi connectivity index (χ1v) is 9.77. The molecule has 0 bridgehead atoms. The Labute approximate surface area is 170 Å². The Hall–Kier alpha value is -2.90. The van der Waals surface area contributed by atoms with Gasteiger partial charge in [0.1, 0.15) is 5.75 Å². The van der Waals surface area contributed by atoms with Crippen LogP contribution in [0.4, 0.5) is 0 Å². The number of ether oxygens (including phenoxy) is 1. The third-order valence-electron chi connectivity index (χ3n) is 4.96. The van der Waals surface area contributed by atoms with Gasteiger partial charge in [0, 0.05) is 18.7 Å². The largest absolute Gasteiger partial charge is 0.484 e. The molecule has 1 saturated heterocycles. The summed E-state index contributed by atoms with van der Waals surface area (Å²) in [5.41, 5.74) is 6.72. The number of hydrogen-bond acceptors (Lipinski definition) is 5. The van der Waals surface area contributed by atoms with Gasteiger partial charge in [-0.2, -0.15) is 0 Å². The van der Waals surface area contributed by atoms with Crippen LogP contribution in [0.3, 0.4) is 0 Å². The van der Waals surface area contributed by atoms with E-state index in [2.05, 4.69) is 22.3 Å². The number of nitrogens with zero attached hydrogens (tertiary/aromatic N) is 1. The highest BCUT2D eigenvalue weighted by molar-refractivity contribution is 5.94. The monoisotopic (exact) mass is 397 g/mol. The van der Waals surface area contributed by atoms with Crippen molar-refractivity contribution in [3.63, 3.8) is 0 Å². The topological polar surface area (TPSA) is 105 Å². The molecule has 7 heteroatoms. The van der Waals surface area contributed by atoms with E-state index in [4.69, 9.17) is 10.5 Å². The molecule has 3 rings (SSSR count). The van der Waals surface area contributed by atoms with Gasteiger partial charge in [0.15, 0.2) is 6.61 Å². The zero-order chi connectivity index (χ0) is 20.6. The molecule has 2 atom stereocenters. The van der Waals surface area contributed by atoms with Crippen molar-refractivity contribution >= 4 is 11.8 Å². The Balaban J connectivity index is 1.60. The van der Waals surface area contributed by atoms with Crippen molar-refractivity contribution in [3.8, 4) is 5.75 Å². The Morgan fingerprint density at radius 1 is 1.14 bits per heavy atom. The molecule has 0 aromatic heterocycles. The highest BCUT2D eigenvalue weighted by Crippen LogP contribution is 2.16. The van der Waals surface area contributed by atoms with E-state index in [-0.39, 0.29) is 18.6 Å². The molecule has 1 aliphatic heterocycles. The number of carbonyl (C=O) groups is 2. The van der Waals surface area contributed by atoms with Crippen LogP contribution in [-0.4, -0.2) is 53.7 Å². The van der Waals surface area contributed by atoms with Crippen LogP contribution in [0.15, 0.2) is 54.6 Å². The van der Waals surface area contributed by atoms with Gasteiger partial charge in [0.05, 0.1) is 12.1 Å². The van der Waals surface area contributed by atoms with E-state index in [1.54, 1.807) is 24.3 Å². The number of likely N-dealkylation sites (tertiary alicyclic amines) is 1. The number of hydrogen-bond donors (Lipinski definition) is 3. The minimum absolute atomic E-state index is 0.211. The third kappa shape index (κ3) is 6.30. The van der Waals surface area contributed by atoms with Gasteiger partial charge in [0.2, 0.25) is 0 Å². The number of aliphatic hydroxyl groups excluding tert-OH is 1. The van der Waals surface area contributed by atoms with Gasteiger partial charge in [-0.3, -0.25) is 14.5 Å². The number of nitrogens with two attached hydrogens (primary N) is 1. The zero-order valence-corrected chi connectivity index (χ0v) is 16.3. The summed E-state index contributed by atoms with van der Waals surface area (Å²) >= 11 is 0. The van der Waals surface area contributed by atoms with E-state index < -0.39 is 12.0 Å². The van der Waals surface area contributed by atoms with Crippen molar-refractivity contribution in [2.45, 2.75) is 31.5 Å². The minimum atomic E-state index is -0.585. The second kappa shape index (κ2) is 10.0. The average molecular weight is 397 g/mol. The van der Waals surface area contributed by atoms with Crippen LogP contribution in [0, 0.1) is 0 Å². The first-order chi connectivity index (χ1) is 14.0. The normalized spacial score (nSPS) is 19.9. The molecular formula is C22H27N3O4. The molecule has 2 aromatic rings. The minimum Gasteiger partial charge on any atom is -0.484 e. The highest BCUT2D eigenvalue weighted by atomic mass is 16.5. The summed E-state index contributed by atoms with van der Waals surface area (Å²) in [5.74, 6) is -0.352. The van der Waals surface area contributed by atoms with E-state index in [9.17, 15) is 14.7 Å². The number of nitrogens with one attached hydrogen (secondary N) is 1. The predicted molar refractivity (Wildman–Crippen MR) is 109 cm³/mol. The van der Waals surface area contributed by atoms with Crippen molar-refractivity contribution in [1.29, 1.82) is 0 Å². The molecular weight excluding hydrogens is 370 g/mol. The SMILES string of the molecule is NC(=O)COc1ccc(C(=O)N[C@@H]2CN(Cc3ccccc3)CCC[C@H]2O)cc1. The van der Waals surface area contributed by atoms with Crippen molar-refractivity contribution < 1.29 is 19.4 Å². The van der Waals surface area contributed by atoms with Crippen molar-refractivity contribution in [2.24, 2.45) is 5.73 Å². The van der Waals surface area contributed by atoms with E-state index in [1.807, 2.05) is 18.2 Å². The molecule has 7 nitrogen and oxygen atoms in total. The van der Waals surface area contributed by atoms with Gasteiger partial charge < -0.3 is 20.9 Å². The van der Waals surface area contributed by atoms with Gasteiger partial charge >= 0.3 is 0 Å². The van der Waals surface area contributed by atoms with Gasteiger partial charge in [-0.15, -0.1) is 0 Å². The molecule has 2 amide bonds. The number of rotatable bonds is 7. The first-order valence-electron chi connectivity index (χ1n) is 9.77. The van der Waals surface area contributed by atoms with E-state index in [1.165, 1.54) is 5.56 Å². The summed E-state index contributed by atoms with van der Waals surface area (Å²) in [6, 6.07) is 16.3. The smallest absolute Gasteiger partial charge is 0.255 e. The summed E-state index contributed by atoms with van der Waals surface area (Å²) < 4.78 is 5.20. The molecule has 0 aliphatic carbocycles. The van der Waals surface area contributed by atoms with Crippen LogP contribution in [0.25, 0.3) is 0 Å². The Bertz CT molecular complexity index is 811. The lowest BCUT2D eigenvalue weighted by atomic mass is 10.1. The lowest BCUT2D eigenvalue weighted by Gasteiger charge is -2.27. The van der Waals surface area contributed by atoms with E-state index in [0.717, 1.165) is 19.5 Å². The third-order valence-corrected chi connectivity index (χ3v) is 4.96. The molecule has 0 unspecified atom stereocenters. The fraction of sp³-hybridized carbons (Fsp3) is 0.364. The Morgan fingerprint density at radius 3 is 2.55 bits per heavy atom. The lowest BCUT2D eigenvalue weighted by Crippen LogP contribution is -2.48. The quantitative estimate of drug-likeness (QED) is 0.653. The van der Waals surface area contributed by atoms with Crippen LogP contribution in [0.5, 0.6) is 5.75 Å². The summed E-state index contributed by atoms with van der Waals surface area (Å²) in [4.78, 5) is 25.7. The number of aliphatic hydroxyl groups is 1. The Kier molecular flexibility index (Phi) is 7.21. The number of carbonyl (C=O) groups excluding carboxylic acids is 2. The van der Waals surface area contributed by atoms with Crippen LogP contribution >= 0.6 is 0 Å². The standard InChI is InChI=1S/C22H27N3O4/c23-21(27)15-29-18-10-8-17(9-11-18)22(28)24-19-14-25(12-4-7-20(19)26)13-16-5-2-1-3-6-16/h1-3,5-6,8-11,19-20,26H,4,7,12-15H2,(H2,23,27)(H,24,28)/t19-,20-/m1/s1. The van der Waals surface area contributed by atoms with Gasteiger partial charge in [-0.05, 0) is 49.2 Å². The molecule has 4 N–H and O–H groups in total. The maximum Gasteiger partial charge on any atom is 0.255 e. The maximum absolute atomic E-state index is 12.7. The molecule has 1 fully saturated rings. The van der Waals surface area contributed by atoms with E-state index >= 15 is 0 Å². The summed E-state index contributed by atoms with van der Waals surface area (Å²) in [6.45, 7) is 2.04. The van der Waals surface area contributed by atoms with Crippen LogP contribution < -0.4 is 15.8 Å². The number of amides is 2. The van der Waals surface area contributed by atoms with Gasteiger partial charge in [0.25, 0.3) is 11.8 Å². The first kappa shape index (κ1) is 20.8. The lowest BCUT2D eigenvalue weighted by molar-refractivity contribution is -0.119. The van der Waals surface area contributed by atoms with Crippen molar-refractivity contribution in [2.75, 3.05) is 19.7 Å². The predicted octanol–water partition coefficient (Wildman–Crippen LogP) is 1.31. The zero-order valence-electron chi connectivity index (χ0n) is 16.3. The van der Waals surface area contributed by atoms with Crippen molar-refractivity contribution in [1.82, 2.24) is 10.2 Å². The number of benzene rings is 2. The molecule has 0 saturated carbocycles. The molecule has 2 aromatic carbocycles. The summed E-state index contributed by atoms with van der Waals surface area (Å²) in [5, 5.41) is 13.5. The van der Waals surface area contributed by atoms with Crippen LogP contribution in [0.2, 0.25) is 0 Å². The maximum atomic E-state index is 12.7. The molecule has 1 aliphatic rings. The summed E-state index contributed by atoms with van der Waals surface area (Å²) in [6.07, 6.45) is 0.945. The highest BCUT2D eigenvalue weighted by Gasteiger charge is 2.27. The number of primary amides is 1. The fourth-order valence-corrected chi connectivity index (χ4v) is 3.45. The molecule has 0 spiro atoms. The average Bonchev–Trinajstić information content (AvgIpc) is 2.88. The molecule has 1 heterocycles. The van der Waals surface area contributed by atoms with Crippen LogP contribution in [0.1, 0.15) is 28.8 Å². The summed E-state index contributed by atoms with van der Waals surface area (Å²) in [7, 11) is 0. The second-order valence-corrected chi connectivity index (χ2v) is 7.29. The van der Waals surface area contributed by atoms with Gasteiger partial charge in [-0.25, -0.2) is 0 Å². The van der Waals surface area contributed by atoms with E-state index in [0.29, 0.717) is 24.3 Å². The Morgan fingerprint density at radius 2 is 1.86 bits per heavy atom.